The van der Waals surface area contributed by atoms with Gasteiger partial charge in [-0.15, -0.1) is 0 Å². The van der Waals surface area contributed by atoms with Crippen LogP contribution in [0.5, 0.6) is 5.75 Å². The lowest BCUT2D eigenvalue weighted by Gasteiger charge is -2.36. The minimum atomic E-state index is -0.647. The largest absolute Gasteiger partial charge is 0.508 e. The van der Waals surface area contributed by atoms with Crippen molar-refractivity contribution in [2.24, 2.45) is 17.8 Å². The van der Waals surface area contributed by atoms with Gasteiger partial charge in [0.05, 0.1) is 11.5 Å². The first-order valence-corrected chi connectivity index (χ1v) is 32.6. The van der Waals surface area contributed by atoms with E-state index >= 15 is 4.39 Å². The molecule has 5 atom stereocenters. The third kappa shape index (κ3) is 16.5. The van der Waals surface area contributed by atoms with Gasteiger partial charge >= 0.3 is 0 Å². The predicted molar refractivity (Wildman–Crippen MR) is 342 cm³/mol. The lowest BCUT2D eigenvalue weighted by Crippen LogP contribution is -2.52. The number of benzene rings is 3. The number of fused-ring (bicyclic) bond motifs is 3. The number of hydrogen-bond donors (Lipinski definition) is 3. The number of hydrogen-bond acceptors (Lipinski definition) is 10. The fourth-order valence-corrected chi connectivity index (χ4v) is 13.8. The standard InChI is InChI=1S/C33H53N3O2.C26H26F2N4O2.C9H17N.C2H6/c1-7-9-28(13-11-24(3)4)23-35-19-17-27(18-20-35)22-29-14-16-30(25(5)21-29)36(32(37)10-8-2)31-15-12-26(6)34-33(31)38;1-3-17-20(27)8-7-14-10-16(34)11-18(22(14)17)24-23(28)25-19(12-29-24)26(31-21(4-2)30-25)32-9-5-6-15(33)13-32;1-2-8-5-6-9-4-3-7-10(8)9;1-2/h14,16,21,24,27-28,31H,6-13,15,17-20,22-23H2,1-5H3,(H,34,38);7-8,10-12,15,33-34H,3-6,9,13H2,1-2H3;8-9H,2-7H2,1H3;1-2H3. The van der Waals surface area contributed by atoms with E-state index in [1.807, 2.05) is 39.5 Å². The second-order valence-electron chi connectivity index (χ2n) is 24.7. The zero-order valence-electron chi connectivity index (χ0n) is 52.8. The van der Waals surface area contributed by atoms with Crippen LogP contribution in [0.25, 0.3) is 32.9 Å². The molecule has 7 heterocycles. The smallest absolute Gasteiger partial charge is 0.247 e. The van der Waals surface area contributed by atoms with Gasteiger partial charge in [0.25, 0.3) is 0 Å². The molecule has 0 saturated carbocycles. The number of aryl methyl sites for hydroxylation is 3. The van der Waals surface area contributed by atoms with Crippen LogP contribution < -0.4 is 15.1 Å². The van der Waals surface area contributed by atoms with E-state index in [2.05, 4.69) is 89.5 Å². The third-order valence-corrected chi connectivity index (χ3v) is 18.2. The number of halogens is 2. The second kappa shape index (κ2) is 31.7. The van der Waals surface area contributed by atoms with Gasteiger partial charge in [-0.05, 0) is 199 Å². The molecule has 3 N–H and O–H groups in total. The number of aromatic nitrogens is 3. The van der Waals surface area contributed by atoms with Crippen LogP contribution in [-0.2, 0) is 28.9 Å². The summed E-state index contributed by atoms with van der Waals surface area (Å²) in [5, 5.41) is 24.9. The number of rotatable bonds is 18. The Balaban J connectivity index is 0.000000201. The number of anilines is 2. The molecule has 5 fully saturated rings. The fourth-order valence-electron chi connectivity index (χ4n) is 13.8. The summed E-state index contributed by atoms with van der Waals surface area (Å²) in [5.74, 6) is 2.21. The molecule has 0 radical (unpaired) electrons. The molecule has 0 spiro atoms. The predicted octanol–water partition coefficient (Wildman–Crippen LogP) is 15.0. The summed E-state index contributed by atoms with van der Waals surface area (Å²) >= 11 is 0. The maximum Gasteiger partial charge on any atom is 0.247 e. The summed E-state index contributed by atoms with van der Waals surface area (Å²) in [7, 11) is 0. The molecule has 5 aliphatic heterocycles. The molecule has 12 nitrogen and oxygen atoms in total. The van der Waals surface area contributed by atoms with Crippen LogP contribution in [-0.4, -0.2) is 110 Å². The zero-order valence-corrected chi connectivity index (χ0v) is 52.8. The average molecular weight is 1160 g/mol. The Hall–Kier alpha value is -5.57. The number of piperidine rings is 3. The number of likely N-dealkylation sites (tertiary alicyclic amines) is 1. The van der Waals surface area contributed by atoms with Crippen molar-refractivity contribution >= 4 is 45.0 Å². The number of nitrogens with zero attached hydrogens (tertiary/aromatic N) is 7. The number of β-amino-alcohol motifs (C(OH)–C–C–N with tert-alkyl or cyclic N) is 1. The van der Waals surface area contributed by atoms with E-state index in [4.69, 9.17) is 0 Å². The van der Waals surface area contributed by atoms with Crippen molar-refractivity contribution in [2.45, 2.75) is 222 Å². The van der Waals surface area contributed by atoms with Gasteiger partial charge in [-0.3, -0.25) is 24.4 Å². The Labute approximate surface area is 502 Å². The van der Waals surface area contributed by atoms with Gasteiger partial charge in [0.2, 0.25) is 11.8 Å². The summed E-state index contributed by atoms with van der Waals surface area (Å²) in [4.78, 5) is 48.6. The fraction of sp³-hybridized carbons (Fsp3) is 0.614. The molecule has 14 heteroatoms. The van der Waals surface area contributed by atoms with Crippen molar-refractivity contribution in [3.63, 3.8) is 0 Å². The van der Waals surface area contributed by atoms with Crippen molar-refractivity contribution in [1.29, 1.82) is 0 Å². The topological polar surface area (TPSA) is 138 Å². The van der Waals surface area contributed by atoms with Crippen LogP contribution in [0.2, 0.25) is 0 Å². The summed E-state index contributed by atoms with van der Waals surface area (Å²) in [5.41, 5.74) is 4.91. The van der Waals surface area contributed by atoms with Crippen LogP contribution in [0.15, 0.2) is 60.9 Å². The molecule has 0 bridgehead atoms. The number of phenolic OH excluding ortho intramolecular Hbond substituents is 1. The van der Waals surface area contributed by atoms with Crippen LogP contribution in [0, 0.1) is 36.3 Å². The van der Waals surface area contributed by atoms with E-state index in [0.717, 1.165) is 66.6 Å². The number of pyridine rings is 1. The molecule has 0 aliphatic carbocycles. The van der Waals surface area contributed by atoms with Gasteiger partial charge in [-0.2, -0.15) is 0 Å². The van der Waals surface area contributed by atoms with Crippen LogP contribution >= 0.6 is 0 Å². The summed E-state index contributed by atoms with van der Waals surface area (Å²) in [6.45, 7) is 31.2. The molecule has 3 aromatic carbocycles. The number of allylic oxidation sites excluding steroid dienone is 1. The third-order valence-electron chi connectivity index (χ3n) is 18.2. The Bertz CT molecular complexity index is 2980. The molecule has 84 heavy (non-hydrogen) atoms. The van der Waals surface area contributed by atoms with E-state index in [0.29, 0.717) is 90.0 Å². The normalized spacial score (nSPS) is 20.6. The minimum Gasteiger partial charge on any atom is -0.508 e. The quantitative estimate of drug-likeness (QED) is 0.0777. The molecule has 5 saturated heterocycles. The Kier molecular flexibility index (Phi) is 24.9. The molecule has 5 unspecified atom stereocenters. The molecule has 5 aromatic rings. The highest BCUT2D eigenvalue weighted by atomic mass is 19.1. The van der Waals surface area contributed by atoms with E-state index < -0.39 is 18.0 Å². The van der Waals surface area contributed by atoms with Gasteiger partial charge < -0.3 is 25.3 Å². The SMILES string of the molecule is C=C1CCC(N(C(=O)CCC)c2ccc(CC3CCN(CC(CCC)CCC(C)C)CC3)cc2C)C(=O)N1.CC.CCC1CCC2CCCN12.CCc1nc(N2CCCC(O)C2)c2cnc(-c3cc(O)cc4ccc(F)c(CC)c34)c(F)c2n1. The number of carbonyl (C=O) groups is 2. The van der Waals surface area contributed by atoms with Gasteiger partial charge in [0.15, 0.2) is 5.82 Å². The number of aromatic hydroxyl groups is 1. The number of aliphatic hydroxyl groups excluding tert-OH is 1. The van der Waals surface area contributed by atoms with Crippen LogP contribution in [0.3, 0.4) is 0 Å². The van der Waals surface area contributed by atoms with E-state index in [1.54, 1.807) is 11.0 Å². The molecule has 5 aliphatic rings. The minimum absolute atomic E-state index is 0.000850. The number of aliphatic hydroxyl groups is 1. The maximum absolute atomic E-state index is 16.1. The van der Waals surface area contributed by atoms with Crippen molar-refractivity contribution in [1.82, 2.24) is 30.1 Å². The van der Waals surface area contributed by atoms with Crippen molar-refractivity contribution in [3.8, 4) is 17.0 Å². The van der Waals surface area contributed by atoms with E-state index in [9.17, 15) is 24.2 Å². The first kappa shape index (κ1) is 66.0. The van der Waals surface area contributed by atoms with E-state index in [-0.39, 0.29) is 34.6 Å². The molecule has 10 rings (SSSR count). The van der Waals surface area contributed by atoms with Crippen molar-refractivity contribution in [3.05, 3.63) is 95.1 Å². The van der Waals surface area contributed by atoms with Gasteiger partial charge in [-0.25, -0.2) is 18.7 Å². The van der Waals surface area contributed by atoms with Gasteiger partial charge in [-0.1, -0.05) is 99.9 Å². The number of carbonyl (C=O) groups excluding carboxylic acids is 2. The first-order valence-electron chi connectivity index (χ1n) is 32.6. The Morgan fingerprint density at radius 2 is 1.63 bits per heavy atom. The molecule has 2 amide bonds. The van der Waals surface area contributed by atoms with Crippen LogP contribution in [0.4, 0.5) is 20.3 Å². The summed E-state index contributed by atoms with van der Waals surface area (Å²) < 4.78 is 30.7. The Morgan fingerprint density at radius 1 is 0.869 bits per heavy atom. The summed E-state index contributed by atoms with van der Waals surface area (Å²) in [6.07, 6.45) is 22.3. The van der Waals surface area contributed by atoms with Crippen LogP contribution in [0.1, 0.15) is 194 Å². The number of nitrogens with one attached hydrogen (secondary N) is 1. The lowest BCUT2D eigenvalue weighted by molar-refractivity contribution is -0.126. The lowest BCUT2D eigenvalue weighted by atomic mass is 9.88. The average Bonchev–Trinajstić information content (AvgIpc) is 1.43. The summed E-state index contributed by atoms with van der Waals surface area (Å²) in [6, 6.07) is 13.9. The van der Waals surface area contributed by atoms with Gasteiger partial charge in [0.1, 0.15) is 40.5 Å². The maximum atomic E-state index is 16.1. The molecule has 2 aromatic heterocycles. The zero-order chi connectivity index (χ0) is 60.6. The highest BCUT2D eigenvalue weighted by Gasteiger charge is 2.36. The van der Waals surface area contributed by atoms with E-state index in [1.165, 1.54) is 127 Å². The molecular formula is C70H102F2N8O4. The highest BCUT2D eigenvalue weighted by Crippen LogP contribution is 2.40. The van der Waals surface area contributed by atoms with Crippen molar-refractivity contribution < 1.29 is 28.6 Å². The highest BCUT2D eigenvalue weighted by molar-refractivity contribution is 6.03. The molecular weight excluding hydrogens is 1050 g/mol. The first-order chi connectivity index (χ1) is 40.5. The monoisotopic (exact) mass is 1160 g/mol. The Morgan fingerprint density at radius 3 is 2.30 bits per heavy atom. The van der Waals surface area contributed by atoms with Crippen molar-refractivity contribution in [2.75, 3.05) is 49.1 Å². The number of phenols is 1. The van der Waals surface area contributed by atoms with Gasteiger partial charge in [0, 0.05) is 67.7 Å². The molecule has 460 valence electrons. The number of amides is 2. The second-order valence-corrected chi connectivity index (χ2v) is 24.7.